The molecule has 0 spiro atoms. The van der Waals surface area contributed by atoms with Gasteiger partial charge in [-0.05, 0) is 43.2 Å². The fourth-order valence-corrected chi connectivity index (χ4v) is 3.19. The van der Waals surface area contributed by atoms with Gasteiger partial charge in [0.05, 0.1) is 6.04 Å². The van der Waals surface area contributed by atoms with Gasteiger partial charge in [0.1, 0.15) is 0 Å². The largest absolute Gasteiger partial charge is 0.353 e. The number of amides is 1. The minimum atomic E-state index is -0.135. The first-order valence-corrected chi connectivity index (χ1v) is 9.55. The molecule has 2 aromatic carbocycles. The van der Waals surface area contributed by atoms with Crippen molar-refractivity contribution in [3.8, 4) is 0 Å². The van der Waals surface area contributed by atoms with E-state index in [2.05, 4.69) is 29.3 Å². The summed E-state index contributed by atoms with van der Waals surface area (Å²) in [5.74, 6) is -0.00432. The Kier molecular flexibility index (Phi) is 6.83. The fraction of sp³-hybridized carbons (Fsp3) is 0.261. The fourth-order valence-electron chi connectivity index (χ4n) is 3.19. The quantitative estimate of drug-likeness (QED) is 0.748. The zero-order valence-electron chi connectivity index (χ0n) is 15.6. The zero-order chi connectivity index (χ0) is 18.9. The lowest BCUT2D eigenvalue weighted by Gasteiger charge is -2.26. The molecule has 0 saturated heterocycles. The summed E-state index contributed by atoms with van der Waals surface area (Å²) in [7, 11) is 0. The van der Waals surface area contributed by atoms with E-state index in [4.69, 9.17) is 5.73 Å². The molecule has 0 radical (unpaired) electrons. The minimum Gasteiger partial charge on any atom is -0.353 e. The molecule has 0 saturated carbocycles. The lowest BCUT2D eigenvalue weighted by molar-refractivity contribution is 0.0792. The zero-order valence-corrected chi connectivity index (χ0v) is 15.6. The molecule has 0 fully saturated rings. The van der Waals surface area contributed by atoms with Gasteiger partial charge in [0.25, 0.3) is 5.91 Å². The summed E-state index contributed by atoms with van der Waals surface area (Å²) in [5, 5.41) is 0. The molecular formula is C23H27N3O. The van der Waals surface area contributed by atoms with Gasteiger partial charge in [-0.1, -0.05) is 55.0 Å². The van der Waals surface area contributed by atoms with E-state index in [-0.39, 0.29) is 11.9 Å². The Morgan fingerprint density at radius 3 is 2.26 bits per heavy atom. The molecule has 0 aromatic heterocycles. The first-order valence-electron chi connectivity index (χ1n) is 9.55. The van der Waals surface area contributed by atoms with E-state index < -0.39 is 0 Å². The van der Waals surface area contributed by atoms with Gasteiger partial charge in [-0.25, -0.2) is 0 Å². The van der Waals surface area contributed by atoms with Gasteiger partial charge in [0.15, 0.2) is 0 Å². The second-order valence-corrected chi connectivity index (χ2v) is 6.66. The monoisotopic (exact) mass is 361 g/mol. The van der Waals surface area contributed by atoms with E-state index in [0.29, 0.717) is 5.56 Å². The Labute approximate surface area is 161 Å². The van der Waals surface area contributed by atoms with E-state index in [1.807, 2.05) is 60.9 Å². The number of carbonyl (C=O) groups is 1. The standard InChI is InChI=1S/C23H27N3O/c24-15-8-3-9-16-25-17-14-22(20-10-4-1-5-11-20)26(19-18-25)23(27)21-12-6-2-7-13-21/h1-2,4-7,10-14,17-19,22H,3,8-9,15-16,24H2. The van der Waals surface area contributed by atoms with Crippen LogP contribution < -0.4 is 5.73 Å². The Bertz CT molecular complexity index is 771. The Morgan fingerprint density at radius 2 is 1.56 bits per heavy atom. The molecule has 1 amide bonds. The third-order valence-corrected chi connectivity index (χ3v) is 4.70. The van der Waals surface area contributed by atoms with Crippen LogP contribution in [-0.4, -0.2) is 28.8 Å². The van der Waals surface area contributed by atoms with Crippen LogP contribution >= 0.6 is 0 Å². The molecule has 1 aliphatic heterocycles. The number of carbonyl (C=O) groups excluding carboxylic acids is 1. The highest BCUT2D eigenvalue weighted by molar-refractivity contribution is 5.95. The number of nitrogens with zero attached hydrogens (tertiary/aromatic N) is 2. The van der Waals surface area contributed by atoms with Crippen LogP contribution in [0.1, 0.15) is 41.2 Å². The summed E-state index contributed by atoms with van der Waals surface area (Å²) in [6.07, 6.45) is 11.3. The summed E-state index contributed by atoms with van der Waals surface area (Å²) in [5.41, 5.74) is 7.35. The predicted octanol–water partition coefficient (Wildman–Crippen LogP) is 4.30. The summed E-state index contributed by atoms with van der Waals surface area (Å²) < 4.78 is 0. The van der Waals surface area contributed by atoms with Crippen molar-refractivity contribution in [1.29, 1.82) is 0 Å². The number of nitrogens with two attached hydrogens (primary N) is 1. The highest BCUT2D eigenvalue weighted by Gasteiger charge is 2.24. The molecule has 4 heteroatoms. The summed E-state index contributed by atoms with van der Waals surface area (Å²) in [6, 6.07) is 19.4. The lowest BCUT2D eigenvalue weighted by Crippen LogP contribution is -2.29. The molecule has 2 N–H and O–H groups in total. The predicted molar refractivity (Wildman–Crippen MR) is 110 cm³/mol. The number of hydrogen-bond donors (Lipinski definition) is 1. The van der Waals surface area contributed by atoms with Crippen LogP contribution in [0, 0.1) is 0 Å². The SMILES string of the molecule is NCCCCCN1C=CC(c2ccccc2)N(C(=O)c2ccccc2)C=C1. The van der Waals surface area contributed by atoms with E-state index >= 15 is 0 Å². The second kappa shape index (κ2) is 9.74. The van der Waals surface area contributed by atoms with Crippen LogP contribution in [0.15, 0.2) is 85.3 Å². The van der Waals surface area contributed by atoms with Crippen LogP contribution in [0.2, 0.25) is 0 Å². The van der Waals surface area contributed by atoms with Crippen LogP contribution in [0.25, 0.3) is 0 Å². The van der Waals surface area contributed by atoms with Crippen molar-refractivity contribution in [2.24, 2.45) is 5.73 Å². The second-order valence-electron chi connectivity index (χ2n) is 6.66. The Morgan fingerprint density at radius 1 is 0.852 bits per heavy atom. The lowest BCUT2D eigenvalue weighted by atomic mass is 10.0. The van der Waals surface area contributed by atoms with Gasteiger partial charge in [-0.3, -0.25) is 4.79 Å². The van der Waals surface area contributed by atoms with E-state index in [1.54, 1.807) is 4.90 Å². The molecule has 1 unspecified atom stereocenters. The molecule has 1 aliphatic rings. The molecular weight excluding hydrogens is 334 g/mol. The van der Waals surface area contributed by atoms with Crippen LogP contribution in [0.3, 0.4) is 0 Å². The molecule has 1 heterocycles. The maximum absolute atomic E-state index is 13.2. The van der Waals surface area contributed by atoms with E-state index in [1.165, 1.54) is 0 Å². The van der Waals surface area contributed by atoms with Crippen LogP contribution in [0.5, 0.6) is 0 Å². The van der Waals surface area contributed by atoms with Crippen molar-refractivity contribution < 1.29 is 4.79 Å². The van der Waals surface area contributed by atoms with Gasteiger partial charge < -0.3 is 15.5 Å². The Hall–Kier alpha value is -2.85. The number of unbranched alkanes of at least 4 members (excludes halogenated alkanes) is 2. The van der Waals surface area contributed by atoms with Crippen molar-refractivity contribution in [3.05, 3.63) is 96.5 Å². The summed E-state index contributed by atoms with van der Waals surface area (Å²) in [6.45, 7) is 1.66. The van der Waals surface area contributed by atoms with Gasteiger partial charge in [0, 0.05) is 30.7 Å². The number of rotatable bonds is 7. The Balaban J connectivity index is 1.83. The maximum atomic E-state index is 13.2. The smallest absolute Gasteiger partial charge is 0.258 e. The molecule has 3 rings (SSSR count). The highest BCUT2D eigenvalue weighted by atomic mass is 16.2. The highest BCUT2D eigenvalue weighted by Crippen LogP contribution is 2.27. The van der Waals surface area contributed by atoms with E-state index in [9.17, 15) is 4.79 Å². The van der Waals surface area contributed by atoms with Crippen molar-refractivity contribution in [2.45, 2.75) is 25.3 Å². The van der Waals surface area contributed by atoms with E-state index in [0.717, 1.165) is 37.9 Å². The molecule has 0 aliphatic carbocycles. The van der Waals surface area contributed by atoms with Crippen molar-refractivity contribution in [2.75, 3.05) is 13.1 Å². The first-order chi connectivity index (χ1) is 13.3. The van der Waals surface area contributed by atoms with Crippen molar-refractivity contribution in [1.82, 2.24) is 9.80 Å². The average molecular weight is 361 g/mol. The van der Waals surface area contributed by atoms with Gasteiger partial charge in [0.2, 0.25) is 0 Å². The maximum Gasteiger partial charge on any atom is 0.258 e. The number of hydrogen-bond acceptors (Lipinski definition) is 3. The first kappa shape index (κ1) is 18.9. The minimum absolute atomic E-state index is 0.00432. The van der Waals surface area contributed by atoms with Crippen LogP contribution in [0.4, 0.5) is 0 Å². The van der Waals surface area contributed by atoms with Gasteiger partial charge in [-0.15, -0.1) is 0 Å². The molecule has 0 bridgehead atoms. The normalized spacial score (nSPS) is 16.4. The molecule has 2 aromatic rings. The van der Waals surface area contributed by atoms with Crippen LogP contribution in [-0.2, 0) is 0 Å². The van der Waals surface area contributed by atoms with Crippen molar-refractivity contribution in [3.63, 3.8) is 0 Å². The summed E-state index contributed by atoms with van der Waals surface area (Å²) >= 11 is 0. The third-order valence-electron chi connectivity index (χ3n) is 4.70. The average Bonchev–Trinajstić information content (AvgIpc) is 2.95. The van der Waals surface area contributed by atoms with Gasteiger partial charge >= 0.3 is 0 Å². The van der Waals surface area contributed by atoms with Gasteiger partial charge in [-0.2, -0.15) is 0 Å². The molecule has 4 nitrogen and oxygen atoms in total. The molecule has 27 heavy (non-hydrogen) atoms. The molecule has 140 valence electrons. The topological polar surface area (TPSA) is 49.6 Å². The third kappa shape index (κ3) is 5.08. The molecule has 1 atom stereocenters. The number of benzene rings is 2. The summed E-state index contributed by atoms with van der Waals surface area (Å²) in [4.78, 5) is 17.1. The van der Waals surface area contributed by atoms with Crippen molar-refractivity contribution >= 4 is 5.91 Å².